The van der Waals surface area contributed by atoms with Gasteiger partial charge in [-0.1, -0.05) is 36.4 Å². The van der Waals surface area contributed by atoms with Crippen LogP contribution in [0.15, 0.2) is 54.7 Å². The summed E-state index contributed by atoms with van der Waals surface area (Å²) in [6, 6.07) is 13.3. The summed E-state index contributed by atoms with van der Waals surface area (Å²) in [5.41, 5.74) is 0.740. The van der Waals surface area contributed by atoms with E-state index in [-0.39, 0.29) is 19.6 Å². The van der Waals surface area contributed by atoms with Crippen LogP contribution < -0.4 is 10.6 Å². The molecule has 160 valence electrons. The Morgan fingerprint density at radius 2 is 1.73 bits per heavy atom. The first-order valence-electron chi connectivity index (χ1n) is 9.59. The summed E-state index contributed by atoms with van der Waals surface area (Å²) in [5.74, 6) is -1.15. The molecule has 0 aliphatic heterocycles. The van der Waals surface area contributed by atoms with Crippen LogP contribution in [-0.4, -0.2) is 34.6 Å². The molecule has 0 spiro atoms. The second-order valence-corrected chi connectivity index (χ2v) is 7.59. The van der Waals surface area contributed by atoms with E-state index in [1.54, 1.807) is 45.2 Å². The van der Waals surface area contributed by atoms with Crippen LogP contribution in [0.1, 0.15) is 38.4 Å². The van der Waals surface area contributed by atoms with Crippen LogP contribution >= 0.6 is 0 Å². The van der Waals surface area contributed by atoms with Crippen molar-refractivity contribution >= 4 is 18.0 Å². The molecule has 2 N–H and O–H groups in total. The van der Waals surface area contributed by atoms with Gasteiger partial charge in [0.05, 0.1) is 18.7 Å². The number of nitrogens with one attached hydrogen (secondary N) is 2. The molecule has 0 saturated heterocycles. The van der Waals surface area contributed by atoms with E-state index in [0.29, 0.717) is 5.69 Å². The maximum Gasteiger partial charge on any atom is 0.408 e. The van der Waals surface area contributed by atoms with Gasteiger partial charge >= 0.3 is 12.1 Å². The largest absolute Gasteiger partial charge is 0.460 e. The third kappa shape index (κ3) is 8.72. The van der Waals surface area contributed by atoms with Crippen molar-refractivity contribution in [3.05, 3.63) is 66.0 Å². The van der Waals surface area contributed by atoms with Gasteiger partial charge in [-0.15, -0.1) is 0 Å². The van der Waals surface area contributed by atoms with Crippen molar-refractivity contribution in [2.45, 2.75) is 52.0 Å². The molecule has 0 radical (unpaired) electrons. The lowest BCUT2D eigenvalue weighted by Gasteiger charge is -2.22. The van der Waals surface area contributed by atoms with Crippen LogP contribution in [0.5, 0.6) is 0 Å². The molecule has 1 aromatic carbocycles. The Bertz CT molecular complexity index is 835. The number of benzene rings is 1. The van der Waals surface area contributed by atoms with Crippen LogP contribution in [0.4, 0.5) is 4.79 Å². The Morgan fingerprint density at radius 3 is 2.37 bits per heavy atom. The monoisotopic (exact) mass is 413 g/mol. The number of amides is 2. The molecule has 2 amide bonds. The Morgan fingerprint density at radius 1 is 1.03 bits per heavy atom. The predicted octanol–water partition coefficient (Wildman–Crippen LogP) is 2.72. The highest BCUT2D eigenvalue weighted by Crippen LogP contribution is 2.10. The third-order valence-corrected chi connectivity index (χ3v) is 3.78. The maximum absolute atomic E-state index is 12.6. The average molecular weight is 413 g/mol. The van der Waals surface area contributed by atoms with E-state index in [9.17, 15) is 14.4 Å². The zero-order chi connectivity index (χ0) is 22.0. The number of ether oxygens (including phenoxy) is 2. The standard InChI is InChI=1S/C22H27N3O5/c1-22(2,3)30-19(26)13-18(20(27)24-14-17-11-7-8-12-23-17)25-21(28)29-15-16-9-5-4-6-10-16/h4-12,18H,13-15H2,1-3H3,(H,24,27)(H,25,28). The fourth-order valence-corrected chi connectivity index (χ4v) is 2.47. The minimum atomic E-state index is -1.15. The molecule has 0 aliphatic carbocycles. The Balaban J connectivity index is 1.97. The van der Waals surface area contributed by atoms with Crippen LogP contribution in [0.3, 0.4) is 0 Å². The van der Waals surface area contributed by atoms with Gasteiger partial charge in [0.15, 0.2) is 0 Å². The van der Waals surface area contributed by atoms with Gasteiger partial charge in [-0.05, 0) is 38.5 Å². The van der Waals surface area contributed by atoms with Crippen molar-refractivity contribution in [1.29, 1.82) is 0 Å². The highest BCUT2D eigenvalue weighted by molar-refractivity contribution is 5.89. The number of hydrogen-bond donors (Lipinski definition) is 2. The summed E-state index contributed by atoms with van der Waals surface area (Å²) < 4.78 is 10.4. The summed E-state index contributed by atoms with van der Waals surface area (Å²) in [6.45, 7) is 5.38. The summed E-state index contributed by atoms with van der Waals surface area (Å²) in [7, 11) is 0. The third-order valence-electron chi connectivity index (χ3n) is 3.78. The molecule has 0 fully saturated rings. The molecule has 0 saturated carbocycles. The first-order valence-corrected chi connectivity index (χ1v) is 9.59. The zero-order valence-electron chi connectivity index (χ0n) is 17.4. The lowest BCUT2D eigenvalue weighted by Crippen LogP contribution is -2.48. The summed E-state index contributed by atoms with van der Waals surface area (Å²) >= 11 is 0. The topological polar surface area (TPSA) is 107 Å². The van der Waals surface area contributed by atoms with E-state index < -0.39 is 29.6 Å². The molecule has 30 heavy (non-hydrogen) atoms. The van der Waals surface area contributed by atoms with Crippen molar-refractivity contribution in [2.24, 2.45) is 0 Å². The SMILES string of the molecule is CC(C)(C)OC(=O)CC(NC(=O)OCc1ccccc1)C(=O)NCc1ccccn1. The van der Waals surface area contributed by atoms with E-state index in [0.717, 1.165) is 5.56 Å². The smallest absolute Gasteiger partial charge is 0.408 e. The number of rotatable bonds is 8. The van der Waals surface area contributed by atoms with Gasteiger partial charge in [-0.3, -0.25) is 14.6 Å². The van der Waals surface area contributed by atoms with Crippen molar-refractivity contribution < 1.29 is 23.9 Å². The van der Waals surface area contributed by atoms with E-state index in [4.69, 9.17) is 9.47 Å². The van der Waals surface area contributed by atoms with Gasteiger partial charge in [0.1, 0.15) is 18.2 Å². The Hall–Kier alpha value is -3.42. The number of aromatic nitrogens is 1. The van der Waals surface area contributed by atoms with Gasteiger partial charge in [0, 0.05) is 6.20 Å². The van der Waals surface area contributed by atoms with Gasteiger partial charge in [0.25, 0.3) is 0 Å². The molecule has 8 nitrogen and oxygen atoms in total. The molecule has 1 atom stereocenters. The van der Waals surface area contributed by atoms with Crippen molar-refractivity contribution in [3.8, 4) is 0 Å². The van der Waals surface area contributed by atoms with Crippen molar-refractivity contribution in [3.63, 3.8) is 0 Å². The first kappa shape index (κ1) is 22.9. The van der Waals surface area contributed by atoms with Crippen LogP contribution in [-0.2, 0) is 32.2 Å². The minimum Gasteiger partial charge on any atom is -0.460 e. The fraction of sp³-hybridized carbons (Fsp3) is 0.364. The summed E-state index contributed by atoms with van der Waals surface area (Å²) in [4.78, 5) is 41.1. The van der Waals surface area contributed by atoms with Gasteiger partial charge < -0.3 is 20.1 Å². The second-order valence-electron chi connectivity index (χ2n) is 7.59. The lowest BCUT2D eigenvalue weighted by molar-refractivity contribution is -0.156. The Kier molecular flexibility index (Phi) is 8.34. The summed E-state index contributed by atoms with van der Waals surface area (Å²) in [6.07, 6.45) is 0.477. The number of carbonyl (C=O) groups excluding carboxylic acids is 3. The highest BCUT2D eigenvalue weighted by Gasteiger charge is 2.27. The van der Waals surface area contributed by atoms with Gasteiger partial charge in [-0.2, -0.15) is 0 Å². The van der Waals surface area contributed by atoms with E-state index in [2.05, 4.69) is 15.6 Å². The second kappa shape index (κ2) is 10.9. The first-order chi connectivity index (χ1) is 14.2. The lowest BCUT2D eigenvalue weighted by atomic mass is 10.1. The van der Waals surface area contributed by atoms with Crippen LogP contribution in [0.25, 0.3) is 0 Å². The van der Waals surface area contributed by atoms with Gasteiger partial charge in [0.2, 0.25) is 5.91 Å². The number of esters is 1. The van der Waals surface area contributed by atoms with E-state index in [1.807, 2.05) is 30.3 Å². The van der Waals surface area contributed by atoms with Crippen molar-refractivity contribution in [2.75, 3.05) is 0 Å². The molecule has 0 bridgehead atoms. The fourth-order valence-electron chi connectivity index (χ4n) is 2.47. The normalized spacial score (nSPS) is 11.8. The number of nitrogens with zero attached hydrogens (tertiary/aromatic N) is 1. The molecule has 8 heteroatoms. The van der Waals surface area contributed by atoms with E-state index in [1.165, 1.54) is 0 Å². The maximum atomic E-state index is 12.6. The minimum absolute atomic E-state index is 0.0430. The van der Waals surface area contributed by atoms with E-state index >= 15 is 0 Å². The molecule has 0 aliphatic rings. The molecule has 2 aromatic rings. The number of carbonyl (C=O) groups is 3. The highest BCUT2D eigenvalue weighted by atomic mass is 16.6. The zero-order valence-corrected chi connectivity index (χ0v) is 17.4. The molecular weight excluding hydrogens is 386 g/mol. The molecule has 2 rings (SSSR count). The van der Waals surface area contributed by atoms with Crippen molar-refractivity contribution in [1.82, 2.24) is 15.6 Å². The molecule has 1 aromatic heterocycles. The number of hydrogen-bond acceptors (Lipinski definition) is 6. The van der Waals surface area contributed by atoms with Gasteiger partial charge in [-0.25, -0.2) is 4.79 Å². The molecule has 1 unspecified atom stereocenters. The Labute approximate surface area is 176 Å². The predicted molar refractivity (Wildman–Crippen MR) is 110 cm³/mol. The summed E-state index contributed by atoms with van der Waals surface area (Å²) in [5, 5.41) is 5.11. The average Bonchev–Trinajstić information content (AvgIpc) is 2.70. The van der Waals surface area contributed by atoms with Crippen LogP contribution in [0, 0.1) is 0 Å². The van der Waals surface area contributed by atoms with Crippen LogP contribution in [0.2, 0.25) is 0 Å². The molecular formula is C22H27N3O5. The number of pyridine rings is 1. The quantitative estimate of drug-likeness (QED) is 0.645. The molecule has 1 heterocycles. The number of alkyl carbamates (subject to hydrolysis) is 1.